The van der Waals surface area contributed by atoms with Crippen LogP contribution < -0.4 is 0 Å². The minimum Gasteiger partial charge on any atom is -0.466 e. The molecule has 0 saturated heterocycles. The standard InChI is InChI=1S/C16H14FNO2/c1-8-9(2)20-10(3)15(8)16(19)13-7-18-14-6-11(17)4-5-12(13)14/h4-7,18H,1-3H3. The van der Waals surface area contributed by atoms with Gasteiger partial charge < -0.3 is 9.40 Å². The molecule has 3 rings (SSSR count). The molecule has 1 aromatic carbocycles. The molecule has 0 atom stereocenters. The zero-order valence-corrected chi connectivity index (χ0v) is 11.5. The second-order valence-corrected chi connectivity index (χ2v) is 4.94. The second kappa shape index (κ2) is 4.34. The predicted molar refractivity (Wildman–Crippen MR) is 74.6 cm³/mol. The lowest BCUT2D eigenvalue weighted by molar-refractivity contribution is 0.103. The summed E-state index contributed by atoms with van der Waals surface area (Å²) < 4.78 is 18.7. The van der Waals surface area contributed by atoms with Crippen molar-refractivity contribution in [3.8, 4) is 0 Å². The number of hydrogen-bond acceptors (Lipinski definition) is 2. The van der Waals surface area contributed by atoms with Crippen molar-refractivity contribution >= 4 is 16.7 Å². The quantitative estimate of drug-likeness (QED) is 0.714. The minimum absolute atomic E-state index is 0.102. The van der Waals surface area contributed by atoms with Crippen LogP contribution in [0.2, 0.25) is 0 Å². The largest absolute Gasteiger partial charge is 0.466 e. The van der Waals surface area contributed by atoms with Gasteiger partial charge in [0.1, 0.15) is 17.3 Å². The molecule has 3 nitrogen and oxygen atoms in total. The lowest BCUT2D eigenvalue weighted by Crippen LogP contribution is -2.03. The first-order chi connectivity index (χ1) is 9.49. The van der Waals surface area contributed by atoms with Gasteiger partial charge in [-0.15, -0.1) is 0 Å². The highest BCUT2D eigenvalue weighted by Gasteiger charge is 2.22. The van der Waals surface area contributed by atoms with Gasteiger partial charge in [0, 0.05) is 28.2 Å². The number of aromatic amines is 1. The van der Waals surface area contributed by atoms with Crippen LogP contribution in [0.3, 0.4) is 0 Å². The van der Waals surface area contributed by atoms with Gasteiger partial charge in [0.2, 0.25) is 0 Å². The molecule has 0 fully saturated rings. The smallest absolute Gasteiger partial charge is 0.198 e. The Morgan fingerprint density at radius 2 is 1.95 bits per heavy atom. The lowest BCUT2D eigenvalue weighted by Gasteiger charge is -2.00. The fourth-order valence-corrected chi connectivity index (χ4v) is 2.55. The van der Waals surface area contributed by atoms with Gasteiger partial charge in [-0.05, 0) is 39.0 Å². The van der Waals surface area contributed by atoms with Crippen LogP contribution in [-0.4, -0.2) is 10.8 Å². The summed E-state index contributed by atoms with van der Waals surface area (Å²) in [7, 11) is 0. The topological polar surface area (TPSA) is 46.0 Å². The number of H-pyrrole nitrogens is 1. The molecule has 0 aliphatic heterocycles. The van der Waals surface area contributed by atoms with Crippen LogP contribution in [0, 0.1) is 26.6 Å². The molecule has 0 amide bonds. The summed E-state index contributed by atoms with van der Waals surface area (Å²) in [5.41, 5.74) is 2.59. The number of fused-ring (bicyclic) bond motifs is 1. The number of nitrogens with one attached hydrogen (secondary N) is 1. The van der Waals surface area contributed by atoms with Crippen LogP contribution in [0.1, 0.15) is 33.0 Å². The summed E-state index contributed by atoms with van der Waals surface area (Å²) in [6, 6.07) is 4.35. The van der Waals surface area contributed by atoms with Gasteiger partial charge in [-0.3, -0.25) is 4.79 Å². The number of rotatable bonds is 2. The summed E-state index contributed by atoms with van der Waals surface area (Å²) in [5.74, 6) is 0.928. The van der Waals surface area contributed by atoms with Crippen LogP contribution in [0.4, 0.5) is 4.39 Å². The Bertz CT molecular complexity index is 826. The molecule has 4 heteroatoms. The van der Waals surface area contributed by atoms with Crippen LogP contribution >= 0.6 is 0 Å². The summed E-state index contributed by atoms with van der Waals surface area (Å²) in [6.45, 7) is 5.49. The highest BCUT2D eigenvalue weighted by Crippen LogP contribution is 2.27. The van der Waals surface area contributed by atoms with Crippen LogP contribution in [0.25, 0.3) is 10.9 Å². The Morgan fingerprint density at radius 3 is 2.60 bits per heavy atom. The number of halogens is 1. The summed E-state index contributed by atoms with van der Waals surface area (Å²) in [6.07, 6.45) is 1.62. The highest BCUT2D eigenvalue weighted by molar-refractivity contribution is 6.17. The van der Waals surface area contributed by atoms with E-state index in [9.17, 15) is 9.18 Å². The van der Waals surface area contributed by atoms with Crippen molar-refractivity contribution in [2.75, 3.05) is 0 Å². The Labute approximate surface area is 115 Å². The van der Waals surface area contributed by atoms with E-state index in [-0.39, 0.29) is 11.6 Å². The molecule has 0 bridgehead atoms. The molecular formula is C16H14FNO2. The number of furan rings is 1. The lowest BCUT2D eigenvalue weighted by atomic mass is 9.99. The molecular weight excluding hydrogens is 257 g/mol. The molecule has 2 heterocycles. The van der Waals surface area contributed by atoms with Crippen molar-refractivity contribution in [2.24, 2.45) is 0 Å². The third-order valence-electron chi connectivity index (χ3n) is 3.68. The predicted octanol–water partition coefficient (Wildman–Crippen LogP) is 4.06. The van der Waals surface area contributed by atoms with E-state index in [1.807, 2.05) is 13.8 Å². The van der Waals surface area contributed by atoms with E-state index < -0.39 is 0 Å². The third-order valence-corrected chi connectivity index (χ3v) is 3.68. The normalized spacial score (nSPS) is 11.2. The molecule has 1 N–H and O–H groups in total. The Balaban J connectivity index is 2.18. The van der Waals surface area contributed by atoms with Crippen molar-refractivity contribution < 1.29 is 13.6 Å². The van der Waals surface area contributed by atoms with Gasteiger partial charge in [0.25, 0.3) is 0 Å². The molecule has 20 heavy (non-hydrogen) atoms. The third kappa shape index (κ3) is 1.76. The summed E-state index contributed by atoms with van der Waals surface area (Å²) in [4.78, 5) is 15.6. The molecule has 0 radical (unpaired) electrons. The molecule has 0 aliphatic rings. The van der Waals surface area contributed by atoms with Crippen LogP contribution in [0.15, 0.2) is 28.8 Å². The minimum atomic E-state index is -0.329. The van der Waals surface area contributed by atoms with E-state index in [0.717, 1.165) is 11.3 Å². The van der Waals surface area contributed by atoms with Gasteiger partial charge >= 0.3 is 0 Å². The van der Waals surface area contributed by atoms with E-state index in [2.05, 4.69) is 4.98 Å². The SMILES string of the molecule is Cc1oc(C)c(C(=O)c2c[nH]c3cc(F)ccc23)c1C. The highest BCUT2D eigenvalue weighted by atomic mass is 19.1. The molecule has 0 aliphatic carbocycles. The maximum atomic E-state index is 13.2. The average molecular weight is 271 g/mol. The van der Waals surface area contributed by atoms with Gasteiger partial charge in [0.15, 0.2) is 5.78 Å². The van der Waals surface area contributed by atoms with E-state index >= 15 is 0 Å². The molecule has 102 valence electrons. The Morgan fingerprint density at radius 1 is 1.20 bits per heavy atom. The monoisotopic (exact) mass is 271 g/mol. The number of hydrogen-bond donors (Lipinski definition) is 1. The van der Waals surface area contributed by atoms with Crippen molar-refractivity contribution in [1.82, 2.24) is 4.98 Å². The van der Waals surface area contributed by atoms with Crippen molar-refractivity contribution in [3.63, 3.8) is 0 Å². The van der Waals surface area contributed by atoms with E-state index in [1.165, 1.54) is 12.1 Å². The summed E-state index contributed by atoms with van der Waals surface area (Å²) in [5, 5.41) is 0.717. The van der Waals surface area contributed by atoms with Crippen molar-refractivity contribution in [3.05, 3.63) is 58.4 Å². The number of aromatic nitrogens is 1. The van der Waals surface area contributed by atoms with Gasteiger partial charge in [0.05, 0.1) is 5.56 Å². The first-order valence-electron chi connectivity index (χ1n) is 6.37. The van der Waals surface area contributed by atoms with Crippen LogP contribution in [0.5, 0.6) is 0 Å². The fraction of sp³-hybridized carbons (Fsp3) is 0.188. The molecule has 0 saturated carbocycles. The maximum absolute atomic E-state index is 13.2. The number of aryl methyl sites for hydroxylation is 2. The van der Waals surface area contributed by atoms with Crippen LogP contribution in [-0.2, 0) is 0 Å². The average Bonchev–Trinajstić information content (AvgIpc) is 2.91. The van der Waals surface area contributed by atoms with Gasteiger partial charge in [-0.2, -0.15) is 0 Å². The molecule has 2 aromatic heterocycles. The number of carbonyl (C=O) groups is 1. The van der Waals surface area contributed by atoms with Gasteiger partial charge in [-0.1, -0.05) is 0 Å². The maximum Gasteiger partial charge on any atom is 0.198 e. The Hall–Kier alpha value is -2.36. The Kier molecular flexibility index (Phi) is 2.74. The zero-order valence-electron chi connectivity index (χ0n) is 11.5. The molecule has 3 aromatic rings. The fourth-order valence-electron chi connectivity index (χ4n) is 2.55. The first-order valence-corrected chi connectivity index (χ1v) is 6.37. The van der Waals surface area contributed by atoms with Crippen molar-refractivity contribution in [2.45, 2.75) is 20.8 Å². The number of ketones is 1. The second-order valence-electron chi connectivity index (χ2n) is 4.94. The van der Waals surface area contributed by atoms with E-state index in [0.29, 0.717) is 27.8 Å². The summed E-state index contributed by atoms with van der Waals surface area (Å²) >= 11 is 0. The number of carbonyl (C=O) groups excluding carboxylic acids is 1. The van der Waals surface area contributed by atoms with E-state index in [4.69, 9.17) is 4.42 Å². The zero-order chi connectivity index (χ0) is 14.4. The molecule has 0 unspecified atom stereocenters. The van der Waals surface area contributed by atoms with E-state index in [1.54, 1.807) is 19.2 Å². The van der Waals surface area contributed by atoms with Crippen molar-refractivity contribution in [1.29, 1.82) is 0 Å². The van der Waals surface area contributed by atoms with Gasteiger partial charge in [-0.25, -0.2) is 4.39 Å². The molecule has 0 spiro atoms. The first kappa shape index (κ1) is 12.7. The number of benzene rings is 1.